The second-order valence-electron chi connectivity index (χ2n) is 6.88. The first-order valence-electron chi connectivity index (χ1n) is 9.03. The van der Waals surface area contributed by atoms with Gasteiger partial charge in [0.25, 0.3) is 5.91 Å². The fraction of sp³-hybridized carbons (Fsp3) is 0.350. The zero-order valence-electron chi connectivity index (χ0n) is 15.2. The number of hydrogen-bond donors (Lipinski definition) is 3. The minimum atomic E-state index is -1.60. The molecular formula is C20H19ClF3NO3S. The van der Waals surface area contributed by atoms with Gasteiger partial charge >= 0.3 is 0 Å². The fourth-order valence-corrected chi connectivity index (χ4v) is 4.60. The molecule has 1 aliphatic carbocycles. The average Bonchev–Trinajstić information content (AvgIpc) is 2.83. The maximum absolute atomic E-state index is 13.3. The van der Waals surface area contributed by atoms with Crippen molar-refractivity contribution >= 4 is 35.0 Å². The summed E-state index contributed by atoms with van der Waals surface area (Å²) in [6.45, 7) is 0. The molecule has 0 saturated heterocycles. The lowest BCUT2D eigenvalue weighted by atomic mass is 10.1. The van der Waals surface area contributed by atoms with E-state index in [9.17, 15) is 28.2 Å². The number of hydrogen-bond acceptors (Lipinski definition) is 4. The molecule has 156 valence electrons. The Morgan fingerprint density at radius 2 is 1.59 bits per heavy atom. The van der Waals surface area contributed by atoms with Crippen LogP contribution in [0, 0.1) is 17.5 Å². The number of aliphatic hydroxyl groups excluding tert-OH is 2. The first-order valence-corrected chi connectivity index (χ1v) is 10.3. The van der Waals surface area contributed by atoms with Crippen molar-refractivity contribution in [3.05, 3.63) is 58.4 Å². The van der Waals surface area contributed by atoms with Crippen LogP contribution < -0.4 is 5.32 Å². The monoisotopic (exact) mass is 445 g/mol. The summed E-state index contributed by atoms with van der Waals surface area (Å²) < 4.78 is 39.7. The Hall–Kier alpha value is -1.74. The number of anilines is 1. The van der Waals surface area contributed by atoms with Gasteiger partial charge in [-0.05, 0) is 43.9 Å². The van der Waals surface area contributed by atoms with Gasteiger partial charge in [0.05, 0.1) is 17.2 Å². The molecule has 2 unspecified atom stereocenters. The van der Waals surface area contributed by atoms with Crippen molar-refractivity contribution < 1.29 is 28.2 Å². The van der Waals surface area contributed by atoms with Crippen LogP contribution in [0.2, 0.25) is 5.02 Å². The van der Waals surface area contributed by atoms with Gasteiger partial charge in [0, 0.05) is 33.5 Å². The average molecular weight is 446 g/mol. The predicted octanol–water partition coefficient (Wildman–Crippen LogP) is 4.77. The first kappa shape index (κ1) is 22.0. The number of nitrogens with one attached hydrogen (secondary N) is 1. The van der Waals surface area contributed by atoms with Crippen molar-refractivity contribution in [2.45, 2.75) is 48.0 Å². The van der Waals surface area contributed by atoms with Gasteiger partial charge < -0.3 is 15.5 Å². The largest absolute Gasteiger partial charge is 0.390 e. The summed E-state index contributed by atoms with van der Waals surface area (Å²) >= 11 is 7.69. The number of carbonyl (C=O) groups excluding carboxylic acids is 1. The number of rotatable bonds is 4. The molecule has 0 spiro atoms. The molecule has 2 atom stereocenters. The molecule has 2 aromatic carbocycles. The van der Waals surface area contributed by atoms with E-state index in [-0.39, 0.29) is 16.5 Å². The van der Waals surface area contributed by atoms with E-state index in [1.54, 1.807) is 12.1 Å². The van der Waals surface area contributed by atoms with E-state index in [1.807, 2.05) is 0 Å². The third kappa shape index (κ3) is 5.45. The topological polar surface area (TPSA) is 69.6 Å². The van der Waals surface area contributed by atoms with Gasteiger partial charge in [-0.2, -0.15) is 0 Å². The van der Waals surface area contributed by atoms with Crippen LogP contribution in [0.1, 0.15) is 36.0 Å². The summed E-state index contributed by atoms with van der Waals surface area (Å²) in [5.41, 5.74) is 0.0121. The Morgan fingerprint density at radius 3 is 2.17 bits per heavy atom. The molecule has 0 heterocycles. The van der Waals surface area contributed by atoms with E-state index in [0.717, 1.165) is 0 Å². The summed E-state index contributed by atoms with van der Waals surface area (Å²) in [6.07, 6.45) is 0.818. The molecular weight excluding hydrogens is 427 g/mol. The highest BCUT2D eigenvalue weighted by Crippen LogP contribution is 2.37. The maximum Gasteiger partial charge on any atom is 0.255 e. The molecule has 1 aliphatic rings. The normalized spacial score (nSPS) is 22.2. The Balaban J connectivity index is 1.73. The van der Waals surface area contributed by atoms with Crippen LogP contribution in [-0.2, 0) is 0 Å². The first-order chi connectivity index (χ1) is 13.7. The van der Waals surface area contributed by atoms with E-state index in [0.29, 0.717) is 47.7 Å². The van der Waals surface area contributed by atoms with Crippen molar-refractivity contribution in [2.24, 2.45) is 0 Å². The minimum Gasteiger partial charge on any atom is -0.390 e. The van der Waals surface area contributed by atoms with Crippen molar-refractivity contribution in [1.29, 1.82) is 0 Å². The van der Waals surface area contributed by atoms with Gasteiger partial charge in [0.1, 0.15) is 0 Å². The van der Waals surface area contributed by atoms with Crippen molar-refractivity contribution in [3.8, 4) is 0 Å². The lowest BCUT2D eigenvalue weighted by Crippen LogP contribution is -2.23. The van der Waals surface area contributed by atoms with Crippen LogP contribution in [0.5, 0.6) is 0 Å². The summed E-state index contributed by atoms with van der Waals surface area (Å²) in [4.78, 5) is 13.1. The van der Waals surface area contributed by atoms with Gasteiger partial charge in [-0.15, -0.1) is 11.8 Å². The number of aliphatic hydroxyl groups is 2. The summed E-state index contributed by atoms with van der Waals surface area (Å²) in [7, 11) is 0. The quantitative estimate of drug-likeness (QED) is 0.468. The molecule has 3 N–H and O–H groups in total. The number of halogens is 4. The Kier molecular flexibility index (Phi) is 7.10. The maximum atomic E-state index is 13.3. The second kappa shape index (κ2) is 9.38. The van der Waals surface area contributed by atoms with E-state index < -0.39 is 35.6 Å². The van der Waals surface area contributed by atoms with Gasteiger partial charge in [-0.3, -0.25) is 4.79 Å². The van der Waals surface area contributed by atoms with Crippen molar-refractivity contribution in [1.82, 2.24) is 0 Å². The van der Waals surface area contributed by atoms with Crippen LogP contribution in [0.15, 0.2) is 35.2 Å². The molecule has 0 aliphatic heterocycles. The predicted molar refractivity (Wildman–Crippen MR) is 106 cm³/mol. The highest BCUT2D eigenvalue weighted by atomic mass is 35.5. The van der Waals surface area contributed by atoms with Crippen molar-refractivity contribution in [3.63, 3.8) is 0 Å². The molecule has 0 radical (unpaired) electrons. The Labute approximate surface area is 175 Å². The van der Waals surface area contributed by atoms with Gasteiger partial charge in [0.15, 0.2) is 17.5 Å². The molecule has 29 heavy (non-hydrogen) atoms. The zero-order chi connectivity index (χ0) is 21.1. The van der Waals surface area contributed by atoms with Crippen LogP contribution >= 0.6 is 23.4 Å². The van der Waals surface area contributed by atoms with E-state index in [2.05, 4.69) is 5.32 Å². The fourth-order valence-electron chi connectivity index (χ4n) is 3.11. The smallest absolute Gasteiger partial charge is 0.255 e. The van der Waals surface area contributed by atoms with Gasteiger partial charge in [0.2, 0.25) is 0 Å². The molecule has 4 nitrogen and oxygen atoms in total. The summed E-state index contributed by atoms with van der Waals surface area (Å²) in [5.74, 6) is -5.02. The number of amides is 1. The van der Waals surface area contributed by atoms with Crippen LogP contribution in [-0.4, -0.2) is 33.6 Å². The summed E-state index contributed by atoms with van der Waals surface area (Å²) in [6, 6.07) is 5.98. The Bertz CT molecular complexity index is 880. The minimum absolute atomic E-state index is 0.109. The molecule has 1 amide bonds. The molecule has 0 aromatic heterocycles. The molecule has 3 rings (SSSR count). The third-order valence-corrected chi connectivity index (χ3v) is 6.58. The molecule has 2 aromatic rings. The second-order valence-corrected chi connectivity index (χ2v) is 8.63. The van der Waals surface area contributed by atoms with E-state index in [4.69, 9.17) is 11.6 Å². The Morgan fingerprint density at radius 1 is 1.00 bits per heavy atom. The highest BCUT2D eigenvalue weighted by molar-refractivity contribution is 8.00. The number of thioether (sulfide) groups is 1. The van der Waals surface area contributed by atoms with Crippen LogP contribution in [0.25, 0.3) is 0 Å². The van der Waals surface area contributed by atoms with E-state index >= 15 is 0 Å². The SMILES string of the molecule is O=C(Nc1cc(F)c(F)c(F)c1)c1ccc(Cl)c(SC2CCC(O)C(O)CC2)c1. The van der Waals surface area contributed by atoms with Crippen LogP contribution in [0.4, 0.5) is 18.9 Å². The van der Waals surface area contributed by atoms with Crippen molar-refractivity contribution in [2.75, 3.05) is 5.32 Å². The number of benzene rings is 2. The molecule has 1 saturated carbocycles. The highest BCUT2D eigenvalue weighted by Gasteiger charge is 2.25. The third-order valence-electron chi connectivity index (χ3n) is 4.74. The van der Waals surface area contributed by atoms with Gasteiger partial charge in [-0.25, -0.2) is 13.2 Å². The summed E-state index contributed by atoms with van der Waals surface area (Å²) in [5, 5.41) is 22.5. The number of carbonyl (C=O) groups is 1. The van der Waals surface area contributed by atoms with Crippen LogP contribution in [0.3, 0.4) is 0 Å². The van der Waals surface area contributed by atoms with E-state index in [1.165, 1.54) is 17.8 Å². The lowest BCUT2D eigenvalue weighted by Gasteiger charge is -2.15. The molecule has 9 heteroatoms. The molecule has 1 fully saturated rings. The zero-order valence-corrected chi connectivity index (χ0v) is 16.7. The van der Waals surface area contributed by atoms with Gasteiger partial charge in [-0.1, -0.05) is 11.6 Å². The molecule has 0 bridgehead atoms. The standard InChI is InChI=1S/C20H19ClF3NO3S/c21-13-4-1-10(20(28)25-11-8-14(22)19(24)15(23)9-11)7-18(13)29-12-2-5-16(26)17(27)6-3-12/h1,4,7-9,12,16-17,26-27H,2-3,5-6H2,(H,25,28). The lowest BCUT2D eigenvalue weighted by molar-refractivity contribution is 0.0157.